The molecular formula is C10H13ClN2O2. The second-order valence-corrected chi connectivity index (χ2v) is 3.62. The van der Waals surface area contributed by atoms with Gasteiger partial charge in [-0.2, -0.15) is 0 Å². The molecule has 0 fully saturated rings. The molecule has 0 aliphatic heterocycles. The molecule has 0 aliphatic carbocycles. The fourth-order valence-corrected chi connectivity index (χ4v) is 1.34. The molecule has 4 nitrogen and oxygen atoms in total. The summed E-state index contributed by atoms with van der Waals surface area (Å²) >= 11 is 5.93. The quantitative estimate of drug-likeness (QED) is 0.730. The number of esters is 1. The molecule has 0 N–H and O–H groups in total. The minimum Gasteiger partial charge on any atom is -0.468 e. The summed E-state index contributed by atoms with van der Waals surface area (Å²) in [5.41, 5.74) is 0.943. The summed E-state index contributed by atoms with van der Waals surface area (Å²) in [5, 5.41) is 0.606. The number of nitrogens with zero attached hydrogens (tertiary/aromatic N) is 2. The number of halogens is 1. The molecule has 0 radical (unpaired) electrons. The molecular weight excluding hydrogens is 216 g/mol. The third kappa shape index (κ3) is 3.85. The average molecular weight is 229 g/mol. The average Bonchev–Trinajstić information content (AvgIpc) is 2.21. The molecule has 0 aliphatic rings. The maximum atomic E-state index is 11.0. The zero-order chi connectivity index (χ0) is 11.3. The van der Waals surface area contributed by atoms with Gasteiger partial charge in [-0.05, 0) is 18.7 Å². The Hall–Kier alpha value is -1.13. The Bertz CT molecular complexity index is 344. The summed E-state index contributed by atoms with van der Waals surface area (Å²) in [6.45, 7) is 0.839. The van der Waals surface area contributed by atoms with Crippen molar-refractivity contribution in [2.24, 2.45) is 0 Å². The Morgan fingerprint density at radius 1 is 1.67 bits per heavy atom. The second kappa shape index (κ2) is 5.68. The summed E-state index contributed by atoms with van der Waals surface area (Å²) < 4.78 is 4.56. The summed E-state index contributed by atoms with van der Waals surface area (Å²) in [4.78, 5) is 16.7. The van der Waals surface area contributed by atoms with E-state index in [2.05, 4.69) is 9.72 Å². The molecule has 1 heterocycles. The molecule has 1 aromatic heterocycles. The molecule has 1 rings (SSSR count). The van der Waals surface area contributed by atoms with Gasteiger partial charge in [0, 0.05) is 18.9 Å². The third-order valence-electron chi connectivity index (χ3n) is 1.92. The predicted molar refractivity (Wildman–Crippen MR) is 57.6 cm³/mol. The van der Waals surface area contributed by atoms with Gasteiger partial charge in [0.1, 0.15) is 0 Å². The van der Waals surface area contributed by atoms with Crippen LogP contribution in [-0.2, 0) is 16.1 Å². The Morgan fingerprint density at radius 3 is 3.00 bits per heavy atom. The lowest BCUT2D eigenvalue weighted by atomic mass is 10.2. The first-order chi connectivity index (χ1) is 7.13. The zero-order valence-electron chi connectivity index (χ0n) is 8.74. The number of methoxy groups -OCH3 is 1. The van der Waals surface area contributed by atoms with Crippen LogP contribution in [0.5, 0.6) is 0 Å². The van der Waals surface area contributed by atoms with Crippen LogP contribution < -0.4 is 0 Å². The van der Waals surface area contributed by atoms with E-state index in [4.69, 9.17) is 11.6 Å². The van der Waals surface area contributed by atoms with Gasteiger partial charge in [-0.3, -0.25) is 14.7 Å². The van der Waals surface area contributed by atoms with E-state index >= 15 is 0 Å². The molecule has 0 amide bonds. The van der Waals surface area contributed by atoms with Crippen molar-refractivity contribution >= 4 is 17.6 Å². The molecule has 0 saturated heterocycles. The number of ether oxygens (including phenoxy) is 1. The minimum absolute atomic E-state index is 0.245. The number of pyridine rings is 1. The van der Waals surface area contributed by atoms with Crippen molar-refractivity contribution in [2.45, 2.75) is 6.54 Å². The van der Waals surface area contributed by atoms with Crippen LogP contribution in [-0.4, -0.2) is 36.6 Å². The van der Waals surface area contributed by atoms with Gasteiger partial charge in [-0.15, -0.1) is 0 Å². The highest BCUT2D eigenvalue weighted by atomic mass is 35.5. The van der Waals surface area contributed by atoms with Crippen LogP contribution in [0.1, 0.15) is 5.56 Å². The minimum atomic E-state index is -0.261. The first-order valence-corrected chi connectivity index (χ1v) is 4.85. The lowest BCUT2D eigenvalue weighted by Gasteiger charge is -2.15. The molecule has 15 heavy (non-hydrogen) atoms. The summed E-state index contributed by atoms with van der Waals surface area (Å²) in [7, 11) is 3.20. The van der Waals surface area contributed by atoms with Crippen molar-refractivity contribution in [2.75, 3.05) is 20.7 Å². The van der Waals surface area contributed by atoms with Crippen LogP contribution in [0.4, 0.5) is 0 Å². The smallest absolute Gasteiger partial charge is 0.319 e. The predicted octanol–water partition coefficient (Wildman–Crippen LogP) is 1.34. The number of hydrogen-bond acceptors (Lipinski definition) is 4. The first-order valence-electron chi connectivity index (χ1n) is 4.47. The number of carbonyl (C=O) groups is 1. The fraction of sp³-hybridized carbons (Fsp3) is 0.400. The normalized spacial score (nSPS) is 10.4. The molecule has 0 saturated carbocycles. The Labute approximate surface area is 93.8 Å². The number of aromatic nitrogens is 1. The Morgan fingerprint density at radius 2 is 2.40 bits per heavy atom. The molecule has 82 valence electrons. The number of likely N-dealkylation sites (N-methyl/N-ethyl adjacent to an activating group) is 1. The maximum absolute atomic E-state index is 11.0. The lowest BCUT2D eigenvalue weighted by molar-refractivity contribution is -0.141. The summed E-state index contributed by atoms with van der Waals surface area (Å²) in [6, 6.07) is 1.83. The highest BCUT2D eigenvalue weighted by Crippen LogP contribution is 2.14. The SMILES string of the molecule is COC(=O)CN(C)Cc1ccncc1Cl. The van der Waals surface area contributed by atoms with Gasteiger partial charge >= 0.3 is 5.97 Å². The van der Waals surface area contributed by atoms with Gasteiger partial charge in [0.25, 0.3) is 0 Å². The molecule has 0 spiro atoms. The Balaban J connectivity index is 2.55. The number of carbonyl (C=O) groups excluding carboxylic acids is 1. The molecule has 0 unspecified atom stereocenters. The van der Waals surface area contributed by atoms with Crippen LogP contribution >= 0.6 is 11.6 Å². The maximum Gasteiger partial charge on any atom is 0.319 e. The first kappa shape index (κ1) is 11.9. The van der Waals surface area contributed by atoms with E-state index in [1.807, 2.05) is 18.0 Å². The van der Waals surface area contributed by atoms with E-state index in [0.29, 0.717) is 11.6 Å². The molecule has 0 aromatic carbocycles. The molecule has 0 bridgehead atoms. The van der Waals surface area contributed by atoms with E-state index in [1.165, 1.54) is 7.11 Å². The largest absolute Gasteiger partial charge is 0.468 e. The topological polar surface area (TPSA) is 42.4 Å². The van der Waals surface area contributed by atoms with Crippen molar-refractivity contribution in [3.8, 4) is 0 Å². The third-order valence-corrected chi connectivity index (χ3v) is 2.26. The Kier molecular flexibility index (Phi) is 4.52. The van der Waals surface area contributed by atoms with Crippen molar-refractivity contribution in [3.05, 3.63) is 29.0 Å². The highest BCUT2D eigenvalue weighted by Gasteiger charge is 2.08. The van der Waals surface area contributed by atoms with Gasteiger partial charge in [0.2, 0.25) is 0 Å². The van der Waals surface area contributed by atoms with Crippen LogP contribution in [0.25, 0.3) is 0 Å². The zero-order valence-corrected chi connectivity index (χ0v) is 9.49. The number of hydrogen-bond donors (Lipinski definition) is 0. The molecule has 5 heteroatoms. The summed E-state index contributed by atoms with van der Waals surface area (Å²) in [5.74, 6) is -0.261. The molecule has 0 atom stereocenters. The van der Waals surface area contributed by atoms with Crippen molar-refractivity contribution in [1.82, 2.24) is 9.88 Å². The van der Waals surface area contributed by atoms with Gasteiger partial charge < -0.3 is 4.74 Å². The van der Waals surface area contributed by atoms with Crippen molar-refractivity contribution < 1.29 is 9.53 Å². The van der Waals surface area contributed by atoms with Crippen LogP contribution in [0.3, 0.4) is 0 Å². The van der Waals surface area contributed by atoms with E-state index in [-0.39, 0.29) is 12.5 Å². The second-order valence-electron chi connectivity index (χ2n) is 3.22. The van der Waals surface area contributed by atoms with Crippen LogP contribution in [0.2, 0.25) is 5.02 Å². The van der Waals surface area contributed by atoms with E-state index in [0.717, 1.165) is 5.56 Å². The van der Waals surface area contributed by atoms with E-state index in [1.54, 1.807) is 12.4 Å². The lowest BCUT2D eigenvalue weighted by Crippen LogP contribution is -2.26. The van der Waals surface area contributed by atoms with Crippen molar-refractivity contribution in [1.29, 1.82) is 0 Å². The summed E-state index contributed by atoms with van der Waals surface area (Å²) in [6.07, 6.45) is 3.26. The van der Waals surface area contributed by atoms with Gasteiger partial charge in [-0.25, -0.2) is 0 Å². The fourth-order valence-electron chi connectivity index (χ4n) is 1.16. The molecule has 1 aromatic rings. The van der Waals surface area contributed by atoms with Gasteiger partial charge in [-0.1, -0.05) is 11.6 Å². The van der Waals surface area contributed by atoms with Crippen molar-refractivity contribution in [3.63, 3.8) is 0 Å². The van der Waals surface area contributed by atoms with Crippen LogP contribution in [0.15, 0.2) is 18.5 Å². The highest BCUT2D eigenvalue weighted by molar-refractivity contribution is 6.31. The van der Waals surface area contributed by atoms with Gasteiger partial charge in [0.15, 0.2) is 0 Å². The monoisotopic (exact) mass is 228 g/mol. The van der Waals surface area contributed by atoms with Crippen LogP contribution in [0, 0.1) is 0 Å². The number of rotatable bonds is 4. The van der Waals surface area contributed by atoms with E-state index < -0.39 is 0 Å². The van der Waals surface area contributed by atoms with Gasteiger partial charge in [0.05, 0.1) is 18.7 Å². The van der Waals surface area contributed by atoms with E-state index in [9.17, 15) is 4.79 Å². The standard InChI is InChI=1S/C10H13ClN2O2/c1-13(7-10(14)15-2)6-8-3-4-12-5-9(8)11/h3-5H,6-7H2,1-2H3.